The van der Waals surface area contributed by atoms with Crippen LogP contribution in [-0.4, -0.2) is 55.3 Å². The number of fused-ring (bicyclic) bond motifs is 1. The first kappa shape index (κ1) is 25.0. The number of anilines is 2. The Hall–Kier alpha value is -4.08. The van der Waals surface area contributed by atoms with Crippen molar-refractivity contribution in [3.8, 4) is 11.5 Å². The third-order valence-electron chi connectivity index (χ3n) is 6.27. The highest BCUT2D eigenvalue weighted by Crippen LogP contribution is 2.30. The number of rotatable bonds is 8. The molecule has 190 valence electrons. The quantitative estimate of drug-likeness (QED) is 0.476. The van der Waals surface area contributed by atoms with E-state index in [1.165, 1.54) is 11.7 Å². The number of amides is 1. The van der Waals surface area contributed by atoms with Gasteiger partial charge in [0.05, 0.1) is 37.9 Å². The van der Waals surface area contributed by atoms with Crippen LogP contribution in [0.25, 0.3) is 10.9 Å². The molecule has 4 rings (SSSR count). The molecule has 0 saturated carbocycles. The maximum atomic E-state index is 13.1. The Morgan fingerprint density at radius 2 is 1.83 bits per heavy atom. The molecule has 0 spiro atoms. The second kappa shape index (κ2) is 11.1. The molecule has 0 bridgehead atoms. The first-order chi connectivity index (χ1) is 17.4. The van der Waals surface area contributed by atoms with Gasteiger partial charge < -0.3 is 24.4 Å². The molecule has 10 heteroatoms. The Bertz CT molecular complexity index is 1310. The fraction of sp³-hybridized carbons (Fsp3) is 0.385. The van der Waals surface area contributed by atoms with E-state index in [-0.39, 0.29) is 18.4 Å². The molecule has 10 nitrogen and oxygen atoms in total. The van der Waals surface area contributed by atoms with Crippen molar-refractivity contribution >= 4 is 34.3 Å². The van der Waals surface area contributed by atoms with Crippen molar-refractivity contribution in [2.75, 3.05) is 44.1 Å². The standard InChI is InChI=1S/C26H30N4O6/c1-4-36-25(32)17-11-13-29(14-12-17)24-19-7-5-6-8-21(19)30(26(33)28-24)16-23(31)27-20-10-9-18(34-2)15-22(20)35-3/h5-10,15,17H,4,11-14,16H2,1-3H3,(H,27,31). The second-order valence-corrected chi connectivity index (χ2v) is 8.45. The van der Waals surface area contributed by atoms with Crippen molar-refractivity contribution in [1.82, 2.24) is 9.55 Å². The number of methoxy groups -OCH3 is 2. The van der Waals surface area contributed by atoms with Crippen LogP contribution in [0.15, 0.2) is 47.3 Å². The molecule has 2 aromatic carbocycles. The van der Waals surface area contributed by atoms with Gasteiger partial charge in [0.15, 0.2) is 0 Å². The predicted molar refractivity (Wildman–Crippen MR) is 136 cm³/mol. The predicted octanol–water partition coefficient (Wildman–Crippen LogP) is 2.83. The number of nitrogens with zero attached hydrogens (tertiary/aromatic N) is 3. The van der Waals surface area contributed by atoms with Gasteiger partial charge in [-0.2, -0.15) is 4.98 Å². The van der Waals surface area contributed by atoms with Gasteiger partial charge in [-0.25, -0.2) is 4.79 Å². The van der Waals surface area contributed by atoms with E-state index in [1.807, 2.05) is 23.1 Å². The number of para-hydroxylation sites is 1. The summed E-state index contributed by atoms with van der Waals surface area (Å²) in [7, 11) is 3.05. The average Bonchev–Trinajstić information content (AvgIpc) is 2.90. The highest BCUT2D eigenvalue weighted by atomic mass is 16.5. The van der Waals surface area contributed by atoms with Gasteiger partial charge in [0.1, 0.15) is 23.9 Å². The molecule has 1 fully saturated rings. The van der Waals surface area contributed by atoms with Gasteiger partial charge in [-0.15, -0.1) is 0 Å². The topological polar surface area (TPSA) is 112 Å². The Kier molecular flexibility index (Phi) is 7.72. The number of benzene rings is 2. The van der Waals surface area contributed by atoms with E-state index in [1.54, 1.807) is 38.3 Å². The summed E-state index contributed by atoms with van der Waals surface area (Å²) in [5, 5.41) is 3.56. The minimum absolute atomic E-state index is 0.147. The number of esters is 1. The molecular formula is C26H30N4O6. The first-order valence-corrected chi connectivity index (χ1v) is 11.9. The first-order valence-electron chi connectivity index (χ1n) is 11.9. The Morgan fingerprint density at radius 3 is 2.53 bits per heavy atom. The molecule has 1 saturated heterocycles. The zero-order valence-electron chi connectivity index (χ0n) is 20.7. The number of hydrogen-bond donors (Lipinski definition) is 1. The molecule has 0 unspecified atom stereocenters. The number of carbonyl (C=O) groups is 2. The van der Waals surface area contributed by atoms with Gasteiger partial charge in [-0.1, -0.05) is 12.1 Å². The fourth-order valence-electron chi connectivity index (χ4n) is 4.43. The summed E-state index contributed by atoms with van der Waals surface area (Å²) in [5.74, 6) is 0.885. The number of carbonyl (C=O) groups excluding carboxylic acids is 2. The largest absolute Gasteiger partial charge is 0.497 e. The van der Waals surface area contributed by atoms with E-state index in [4.69, 9.17) is 14.2 Å². The zero-order chi connectivity index (χ0) is 25.7. The highest BCUT2D eigenvalue weighted by Gasteiger charge is 2.28. The normalized spacial score (nSPS) is 13.9. The monoisotopic (exact) mass is 494 g/mol. The van der Waals surface area contributed by atoms with Crippen molar-refractivity contribution in [2.24, 2.45) is 5.92 Å². The second-order valence-electron chi connectivity index (χ2n) is 8.45. The van der Waals surface area contributed by atoms with Crippen molar-refractivity contribution < 1.29 is 23.8 Å². The average molecular weight is 495 g/mol. The lowest BCUT2D eigenvalue weighted by molar-refractivity contribution is -0.148. The van der Waals surface area contributed by atoms with Crippen LogP contribution < -0.4 is 25.4 Å². The maximum absolute atomic E-state index is 13.1. The molecule has 2 heterocycles. The molecular weight excluding hydrogens is 464 g/mol. The van der Waals surface area contributed by atoms with Crippen molar-refractivity contribution in [2.45, 2.75) is 26.3 Å². The van der Waals surface area contributed by atoms with Crippen molar-refractivity contribution in [1.29, 1.82) is 0 Å². The van der Waals surface area contributed by atoms with E-state index in [0.717, 1.165) is 5.39 Å². The third-order valence-corrected chi connectivity index (χ3v) is 6.27. The van der Waals surface area contributed by atoms with Crippen LogP contribution in [0.5, 0.6) is 11.5 Å². The van der Waals surface area contributed by atoms with Gasteiger partial charge in [0.25, 0.3) is 0 Å². The molecule has 3 aromatic rings. The summed E-state index contributed by atoms with van der Waals surface area (Å²) in [5.41, 5.74) is 0.555. The smallest absolute Gasteiger partial charge is 0.350 e. The van der Waals surface area contributed by atoms with Crippen LogP contribution in [-0.2, 0) is 20.9 Å². The van der Waals surface area contributed by atoms with Gasteiger partial charge in [-0.05, 0) is 44.0 Å². The van der Waals surface area contributed by atoms with Crippen LogP contribution in [0.3, 0.4) is 0 Å². The lowest BCUT2D eigenvalue weighted by Crippen LogP contribution is -2.39. The SMILES string of the molecule is CCOC(=O)C1CCN(c2nc(=O)n(CC(=O)Nc3ccc(OC)cc3OC)c3ccccc23)CC1. The molecule has 1 aliphatic heterocycles. The summed E-state index contributed by atoms with van der Waals surface area (Å²) >= 11 is 0. The molecule has 1 amide bonds. The summed E-state index contributed by atoms with van der Waals surface area (Å²) < 4.78 is 17.0. The van der Waals surface area contributed by atoms with Crippen LogP contribution >= 0.6 is 0 Å². The number of piperidine rings is 1. The molecule has 1 aromatic heterocycles. The summed E-state index contributed by atoms with van der Waals surface area (Å²) in [6.07, 6.45) is 1.26. The Morgan fingerprint density at radius 1 is 1.08 bits per heavy atom. The molecule has 0 aliphatic carbocycles. The number of aromatic nitrogens is 2. The van der Waals surface area contributed by atoms with Crippen LogP contribution in [0.4, 0.5) is 11.5 Å². The van der Waals surface area contributed by atoms with E-state index >= 15 is 0 Å². The van der Waals surface area contributed by atoms with Gasteiger partial charge in [-0.3, -0.25) is 14.2 Å². The van der Waals surface area contributed by atoms with Crippen LogP contribution in [0.1, 0.15) is 19.8 Å². The van der Waals surface area contributed by atoms with E-state index in [9.17, 15) is 14.4 Å². The maximum Gasteiger partial charge on any atom is 0.350 e. The van der Waals surface area contributed by atoms with Crippen LogP contribution in [0, 0.1) is 5.92 Å². The summed E-state index contributed by atoms with van der Waals surface area (Å²) in [6, 6.07) is 12.4. The minimum Gasteiger partial charge on any atom is -0.497 e. The lowest BCUT2D eigenvalue weighted by Gasteiger charge is -2.32. The molecule has 0 radical (unpaired) electrons. The fourth-order valence-corrected chi connectivity index (χ4v) is 4.43. The van der Waals surface area contributed by atoms with Gasteiger partial charge in [0, 0.05) is 24.5 Å². The molecule has 1 aliphatic rings. The number of hydrogen-bond acceptors (Lipinski definition) is 8. The van der Waals surface area contributed by atoms with Gasteiger partial charge in [0.2, 0.25) is 5.91 Å². The number of nitrogens with one attached hydrogen (secondary N) is 1. The number of ether oxygens (including phenoxy) is 3. The Balaban J connectivity index is 1.56. The molecule has 0 atom stereocenters. The summed E-state index contributed by atoms with van der Waals surface area (Å²) in [6.45, 7) is 3.12. The van der Waals surface area contributed by atoms with E-state index < -0.39 is 11.6 Å². The minimum atomic E-state index is -0.520. The zero-order valence-corrected chi connectivity index (χ0v) is 20.7. The van der Waals surface area contributed by atoms with Crippen LogP contribution in [0.2, 0.25) is 0 Å². The van der Waals surface area contributed by atoms with E-state index in [0.29, 0.717) is 61.1 Å². The van der Waals surface area contributed by atoms with Gasteiger partial charge >= 0.3 is 11.7 Å². The Labute approximate surface area is 208 Å². The summed E-state index contributed by atoms with van der Waals surface area (Å²) in [4.78, 5) is 44.4. The van der Waals surface area contributed by atoms with Crippen molar-refractivity contribution in [3.05, 3.63) is 52.9 Å². The lowest BCUT2D eigenvalue weighted by atomic mass is 9.97. The molecule has 1 N–H and O–H groups in total. The molecule has 36 heavy (non-hydrogen) atoms. The van der Waals surface area contributed by atoms with Crippen molar-refractivity contribution in [3.63, 3.8) is 0 Å². The van der Waals surface area contributed by atoms with E-state index in [2.05, 4.69) is 10.3 Å². The third kappa shape index (κ3) is 5.27. The highest BCUT2D eigenvalue weighted by molar-refractivity contribution is 5.95.